The fourth-order valence-electron chi connectivity index (χ4n) is 2.61. The molecule has 0 saturated carbocycles. The lowest BCUT2D eigenvalue weighted by Crippen LogP contribution is -2.38. The molecule has 3 heterocycles. The number of aliphatic hydroxyl groups excluding tert-OH is 2. The Labute approximate surface area is 150 Å². The molecule has 0 amide bonds. The van der Waals surface area contributed by atoms with Crippen LogP contribution < -0.4 is 10.6 Å². The van der Waals surface area contributed by atoms with E-state index in [9.17, 15) is 19.8 Å². The van der Waals surface area contributed by atoms with Gasteiger partial charge in [-0.3, -0.25) is 9.36 Å². The SMILES string of the molecule is CC(C)OC(=O)OC1C(O)C(CO)OC1n1c(=O)sc2cnc(N)nc21. The van der Waals surface area contributed by atoms with Gasteiger partial charge in [-0.05, 0) is 13.8 Å². The first-order valence-electron chi connectivity index (χ1n) is 7.77. The minimum atomic E-state index is -1.37. The van der Waals surface area contributed by atoms with Crippen molar-refractivity contribution >= 4 is 33.8 Å². The van der Waals surface area contributed by atoms with Crippen molar-refractivity contribution in [1.29, 1.82) is 0 Å². The quantitative estimate of drug-likeness (QED) is 0.591. The summed E-state index contributed by atoms with van der Waals surface area (Å²) in [5.41, 5.74) is 5.76. The summed E-state index contributed by atoms with van der Waals surface area (Å²) in [7, 11) is 0. The summed E-state index contributed by atoms with van der Waals surface area (Å²) in [4.78, 5) is 31.7. The van der Waals surface area contributed by atoms with Crippen molar-refractivity contribution in [3.8, 4) is 0 Å². The largest absolute Gasteiger partial charge is 0.509 e. The van der Waals surface area contributed by atoms with E-state index >= 15 is 0 Å². The van der Waals surface area contributed by atoms with E-state index in [1.165, 1.54) is 6.20 Å². The van der Waals surface area contributed by atoms with Gasteiger partial charge in [-0.1, -0.05) is 11.3 Å². The molecule has 1 saturated heterocycles. The lowest BCUT2D eigenvalue weighted by atomic mass is 10.1. The number of hydrogen-bond donors (Lipinski definition) is 3. The number of nitrogens with zero attached hydrogens (tertiary/aromatic N) is 3. The molecule has 11 nitrogen and oxygen atoms in total. The molecular formula is C14H18N4O7S. The number of hydrogen-bond acceptors (Lipinski definition) is 11. The highest BCUT2D eigenvalue weighted by Gasteiger charge is 2.48. The number of aliphatic hydroxyl groups is 2. The van der Waals surface area contributed by atoms with Crippen LogP contribution >= 0.6 is 11.3 Å². The Morgan fingerprint density at radius 2 is 2.27 bits per heavy atom. The second-order valence-electron chi connectivity index (χ2n) is 5.89. The van der Waals surface area contributed by atoms with Crippen LogP contribution in [0.1, 0.15) is 20.1 Å². The molecule has 0 radical (unpaired) electrons. The zero-order valence-electron chi connectivity index (χ0n) is 13.9. The molecule has 142 valence electrons. The van der Waals surface area contributed by atoms with Crippen molar-refractivity contribution in [3.63, 3.8) is 0 Å². The third kappa shape index (κ3) is 3.35. The minimum Gasteiger partial charge on any atom is -0.432 e. The van der Waals surface area contributed by atoms with Gasteiger partial charge in [0, 0.05) is 0 Å². The summed E-state index contributed by atoms with van der Waals surface area (Å²) in [6, 6.07) is 0. The smallest absolute Gasteiger partial charge is 0.432 e. The Morgan fingerprint density at radius 1 is 1.54 bits per heavy atom. The monoisotopic (exact) mass is 386 g/mol. The number of ether oxygens (including phenoxy) is 3. The maximum absolute atomic E-state index is 12.4. The topological polar surface area (TPSA) is 159 Å². The molecule has 0 spiro atoms. The fourth-order valence-corrected chi connectivity index (χ4v) is 3.43. The number of anilines is 1. The van der Waals surface area contributed by atoms with Crippen molar-refractivity contribution in [1.82, 2.24) is 14.5 Å². The van der Waals surface area contributed by atoms with E-state index in [1.54, 1.807) is 13.8 Å². The van der Waals surface area contributed by atoms with Crippen molar-refractivity contribution in [2.45, 2.75) is 44.5 Å². The standard InChI is InChI=1S/C14H18N4O7S/c1-5(2)23-14(22)25-9-8(20)6(4-19)24-11(9)18-10-7(26-13(18)21)3-16-12(15)17-10/h3,5-6,8-9,11,19-20H,4H2,1-2H3,(H2,15,16,17). The average molecular weight is 386 g/mol. The first-order chi connectivity index (χ1) is 12.3. The minimum absolute atomic E-state index is 0.0574. The van der Waals surface area contributed by atoms with Gasteiger partial charge < -0.3 is 30.2 Å². The summed E-state index contributed by atoms with van der Waals surface area (Å²) >= 11 is 0.847. The second-order valence-corrected chi connectivity index (χ2v) is 6.88. The van der Waals surface area contributed by atoms with Gasteiger partial charge in [0.1, 0.15) is 12.2 Å². The number of nitrogens with two attached hydrogens (primary N) is 1. The number of carbonyl (C=O) groups excluding carboxylic acids is 1. The Hall–Kier alpha value is -2.28. The molecule has 4 unspecified atom stereocenters. The van der Waals surface area contributed by atoms with Crippen LogP contribution in [0.5, 0.6) is 0 Å². The highest BCUT2D eigenvalue weighted by Crippen LogP contribution is 2.33. The number of thiazole rings is 1. The van der Waals surface area contributed by atoms with E-state index in [0.29, 0.717) is 4.70 Å². The molecular weight excluding hydrogens is 368 g/mol. The molecule has 26 heavy (non-hydrogen) atoms. The van der Waals surface area contributed by atoms with Crippen LogP contribution in [0.25, 0.3) is 10.3 Å². The molecule has 1 fully saturated rings. The summed E-state index contributed by atoms with van der Waals surface area (Å²) < 4.78 is 17.2. The van der Waals surface area contributed by atoms with E-state index in [4.69, 9.17) is 19.9 Å². The zero-order valence-corrected chi connectivity index (χ0v) is 14.8. The van der Waals surface area contributed by atoms with Gasteiger partial charge in [0.15, 0.2) is 18.0 Å². The molecule has 3 rings (SSSR count). The lowest BCUT2D eigenvalue weighted by molar-refractivity contribution is -0.0673. The molecule has 0 bridgehead atoms. The van der Waals surface area contributed by atoms with E-state index in [1.807, 2.05) is 0 Å². The Morgan fingerprint density at radius 3 is 2.92 bits per heavy atom. The van der Waals surface area contributed by atoms with E-state index in [-0.39, 0.29) is 11.6 Å². The van der Waals surface area contributed by atoms with Crippen molar-refractivity contribution in [2.24, 2.45) is 0 Å². The highest BCUT2D eigenvalue weighted by molar-refractivity contribution is 7.16. The molecule has 2 aromatic heterocycles. The van der Waals surface area contributed by atoms with Gasteiger partial charge in [-0.2, -0.15) is 4.98 Å². The van der Waals surface area contributed by atoms with Crippen LogP contribution in [0.3, 0.4) is 0 Å². The van der Waals surface area contributed by atoms with Crippen molar-refractivity contribution in [2.75, 3.05) is 12.3 Å². The van der Waals surface area contributed by atoms with Crippen LogP contribution in [0.2, 0.25) is 0 Å². The number of fused-ring (bicyclic) bond motifs is 1. The maximum atomic E-state index is 12.4. The van der Waals surface area contributed by atoms with E-state index in [0.717, 1.165) is 15.9 Å². The highest BCUT2D eigenvalue weighted by atomic mass is 32.1. The van der Waals surface area contributed by atoms with Gasteiger partial charge in [-0.25, -0.2) is 9.78 Å². The molecule has 12 heteroatoms. The van der Waals surface area contributed by atoms with Gasteiger partial charge in [0.05, 0.1) is 23.6 Å². The number of carbonyl (C=O) groups is 1. The molecule has 4 N–H and O–H groups in total. The van der Waals surface area contributed by atoms with Crippen LogP contribution in [0.15, 0.2) is 11.0 Å². The molecule has 1 aliphatic rings. The predicted molar refractivity (Wildman–Crippen MR) is 89.6 cm³/mol. The van der Waals surface area contributed by atoms with E-state index in [2.05, 4.69) is 9.97 Å². The molecule has 0 aromatic carbocycles. The predicted octanol–water partition coefficient (Wildman–Crippen LogP) is -0.384. The van der Waals surface area contributed by atoms with Crippen LogP contribution in [0, 0.1) is 0 Å². The lowest BCUT2D eigenvalue weighted by Gasteiger charge is -2.21. The third-order valence-corrected chi connectivity index (χ3v) is 4.57. The second kappa shape index (κ2) is 7.15. The molecule has 4 atom stereocenters. The van der Waals surface area contributed by atoms with Gasteiger partial charge in [0.2, 0.25) is 5.95 Å². The molecule has 0 aliphatic carbocycles. The van der Waals surface area contributed by atoms with Gasteiger partial charge >= 0.3 is 11.0 Å². The first-order valence-corrected chi connectivity index (χ1v) is 8.58. The Balaban J connectivity index is 2.01. The summed E-state index contributed by atoms with van der Waals surface area (Å²) in [5, 5.41) is 19.7. The molecule has 1 aliphatic heterocycles. The summed E-state index contributed by atoms with van der Waals surface area (Å²) in [5.74, 6) is -0.0574. The summed E-state index contributed by atoms with van der Waals surface area (Å²) in [6.07, 6.45) is -5.01. The fraction of sp³-hybridized carbons (Fsp3) is 0.571. The number of aromatic nitrogens is 3. The molecule has 2 aromatic rings. The Bertz CT molecular complexity index is 867. The van der Waals surface area contributed by atoms with Gasteiger partial charge in [0.25, 0.3) is 0 Å². The maximum Gasteiger partial charge on any atom is 0.509 e. The van der Waals surface area contributed by atoms with Crippen LogP contribution in [-0.2, 0) is 14.2 Å². The normalized spacial score (nSPS) is 25.7. The number of nitrogen functional groups attached to an aromatic ring is 1. The average Bonchev–Trinajstić information content (AvgIpc) is 3.03. The number of rotatable bonds is 4. The first kappa shape index (κ1) is 18.5. The Kier molecular flexibility index (Phi) is 5.09. The third-order valence-electron chi connectivity index (χ3n) is 3.69. The van der Waals surface area contributed by atoms with Gasteiger partial charge in [-0.15, -0.1) is 0 Å². The van der Waals surface area contributed by atoms with Crippen LogP contribution in [0.4, 0.5) is 10.7 Å². The van der Waals surface area contributed by atoms with Crippen LogP contribution in [-0.4, -0.2) is 61.9 Å². The van der Waals surface area contributed by atoms with Crippen molar-refractivity contribution in [3.05, 3.63) is 15.9 Å². The van der Waals surface area contributed by atoms with E-state index < -0.39 is 48.3 Å². The zero-order chi connectivity index (χ0) is 19.0. The van der Waals surface area contributed by atoms with Crippen molar-refractivity contribution < 1.29 is 29.2 Å². The summed E-state index contributed by atoms with van der Waals surface area (Å²) in [6.45, 7) is 2.73.